The molecule has 8 heteroatoms. The average molecular weight is 378 g/mol. The predicted molar refractivity (Wildman–Crippen MR) is 95.3 cm³/mol. The molecule has 0 radical (unpaired) electrons. The van der Waals surface area contributed by atoms with Gasteiger partial charge in [-0.05, 0) is 36.4 Å². The van der Waals surface area contributed by atoms with Gasteiger partial charge in [-0.1, -0.05) is 23.7 Å². The van der Waals surface area contributed by atoms with Gasteiger partial charge in [0.15, 0.2) is 9.84 Å². The van der Waals surface area contributed by atoms with E-state index in [0.29, 0.717) is 11.4 Å². The van der Waals surface area contributed by atoms with Crippen molar-refractivity contribution in [3.05, 3.63) is 65.6 Å². The molecule has 1 N–H and O–H groups in total. The molecular weight excluding hydrogens is 365 g/mol. The Balaban J connectivity index is 1.87. The highest BCUT2D eigenvalue weighted by atomic mass is 35.5. The number of aromatic nitrogens is 2. The Hall–Kier alpha value is -2.51. The molecule has 128 valence electrons. The first-order chi connectivity index (χ1) is 11.8. The summed E-state index contributed by atoms with van der Waals surface area (Å²) in [6.07, 6.45) is 2.71. The first kappa shape index (κ1) is 17.3. The van der Waals surface area contributed by atoms with Crippen molar-refractivity contribution in [2.24, 2.45) is 0 Å². The van der Waals surface area contributed by atoms with Gasteiger partial charge in [-0.15, -0.1) is 0 Å². The summed E-state index contributed by atoms with van der Waals surface area (Å²) >= 11 is 5.66. The summed E-state index contributed by atoms with van der Waals surface area (Å²) in [4.78, 5) is 8.69. The summed E-state index contributed by atoms with van der Waals surface area (Å²) in [5.74, 6) is -0.259. The summed E-state index contributed by atoms with van der Waals surface area (Å²) in [6.45, 7) is 0. The topological polar surface area (TPSA) is 72.0 Å². The fraction of sp³-hybridized carbons (Fsp3) is 0.0588. The molecular formula is C17H13ClFN3O2S. The minimum atomic E-state index is -3.25. The van der Waals surface area contributed by atoms with Crippen LogP contribution < -0.4 is 5.32 Å². The molecule has 0 aliphatic heterocycles. The monoisotopic (exact) mass is 377 g/mol. The van der Waals surface area contributed by atoms with Crippen molar-refractivity contribution < 1.29 is 12.8 Å². The van der Waals surface area contributed by atoms with Gasteiger partial charge in [0, 0.05) is 23.7 Å². The average Bonchev–Trinajstić information content (AvgIpc) is 2.58. The zero-order chi connectivity index (χ0) is 18.0. The third-order valence-corrected chi connectivity index (χ3v) is 4.84. The molecule has 0 aliphatic carbocycles. The molecule has 1 heterocycles. The van der Waals surface area contributed by atoms with Gasteiger partial charge < -0.3 is 5.32 Å². The SMILES string of the molecule is CS(=O)(=O)c1ccc(-c2ccnc(Nc3ccc(Cl)c(F)c3)n2)cc1. The number of anilines is 2. The molecule has 5 nitrogen and oxygen atoms in total. The van der Waals surface area contributed by atoms with Crippen molar-refractivity contribution in [1.82, 2.24) is 9.97 Å². The maximum absolute atomic E-state index is 13.5. The first-order valence-electron chi connectivity index (χ1n) is 7.18. The number of rotatable bonds is 4. The molecule has 25 heavy (non-hydrogen) atoms. The molecule has 0 saturated carbocycles. The van der Waals surface area contributed by atoms with Crippen molar-refractivity contribution in [2.45, 2.75) is 4.90 Å². The van der Waals surface area contributed by atoms with Gasteiger partial charge in [0.1, 0.15) is 5.82 Å². The van der Waals surface area contributed by atoms with Crippen molar-refractivity contribution in [1.29, 1.82) is 0 Å². The molecule has 0 atom stereocenters. The van der Waals surface area contributed by atoms with Gasteiger partial charge in [0.25, 0.3) is 0 Å². The number of hydrogen-bond acceptors (Lipinski definition) is 5. The Morgan fingerprint density at radius 3 is 2.44 bits per heavy atom. The molecule has 1 aromatic heterocycles. The van der Waals surface area contributed by atoms with Crippen LogP contribution in [0.15, 0.2) is 59.6 Å². The third-order valence-electron chi connectivity index (χ3n) is 3.41. The quantitative estimate of drug-likeness (QED) is 0.741. The minimum Gasteiger partial charge on any atom is -0.324 e. The smallest absolute Gasteiger partial charge is 0.227 e. The van der Waals surface area contributed by atoms with Crippen LogP contribution in [0.1, 0.15) is 0 Å². The van der Waals surface area contributed by atoms with E-state index in [2.05, 4.69) is 15.3 Å². The van der Waals surface area contributed by atoms with Crippen LogP contribution >= 0.6 is 11.6 Å². The number of hydrogen-bond donors (Lipinski definition) is 1. The Kier molecular flexibility index (Phi) is 4.69. The minimum absolute atomic E-state index is 0.0335. The van der Waals surface area contributed by atoms with Crippen molar-refractivity contribution in [2.75, 3.05) is 11.6 Å². The van der Waals surface area contributed by atoms with Crippen LogP contribution in [-0.4, -0.2) is 24.6 Å². The van der Waals surface area contributed by atoms with Crippen LogP contribution in [0.5, 0.6) is 0 Å². The lowest BCUT2D eigenvalue weighted by Crippen LogP contribution is -1.99. The molecule has 0 amide bonds. The van der Waals surface area contributed by atoms with Crippen molar-refractivity contribution in [3.8, 4) is 11.3 Å². The van der Waals surface area contributed by atoms with E-state index in [1.54, 1.807) is 30.5 Å². The Labute approximate surface area is 149 Å². The van der Waals surface area contributed by atoms with E-state index >= 15 is 0 Å². The molecule has 3 rings (SSSR count). The van der Waals surface area contributed by atoms with E-state index < -0.39 is 15.7 Å². The number of benzene rings is 2. The molecule has 0 aliphatic rings. The highest BCUT2D eigenvalue weighted by molar-refractivity contribution is 7.90. The van der Waals surface area contributed by atoms with Crippen LogP contribution in [0.2, 0.25) is 5.02 Å². The number of nitrogens with one attached hydrogen (secondary N) is 1. The van der Waals surface area contributed by atoms with E-state index in [-0.39, 0.29) is 15.9 Å². The summed E-state index contributed by atoms with van der Waals surface area (Å²) in [6, 6.07) is 12.4. The van der Waals surface area contributed by atoms with E-state index in [9.17, 15) is 12.8 Å². The zero-order valence-electron chi connectivity index (χ0n) is 13.1. The molecule has 0 saturated heterocycles. The second-order valence-corrected chi connectivity index (χ2v) is 7.74. The molecule has 3 aromatic rings. The van der Waals surface area contributed by atoms with Gasteiger partial charge in [-0.25, -0.2) is 22.8 Å². The lowest BCUT2D eigenvalue weighted by Gasteiger charge is -2.07. The van der Waals surface area contributed by atoms with Gasteiger partial charge in [0.2, 0.25) is 5.95 Å². The maximum Gasteiger partial charge on any atom is 0.227 e. The summed E-state index contributed by atoms with van der Waals surface area (Å²) < 4.78 is 36.5. The first-order valence-corrected chi connectivity index (χ1v) is 9.45. The normalized spacial score (nSPS) is 11.3. The summed E-state index contributed by atoms with van der Waals surface area (Å²) in [5.41, 5.74) is 1.80. The standard InChI is InChI=1S/C17H13ClFN3O2S/c1-25(23,24)13-5-2-11(3-6-13)16-8-9-20-17(22-16)21-12-4-7-14(18)15(19)10-12/h2-10H,1H3,(H,20,21,22). The Morgan fingerprint density at radius 1 is 1.08 bits per heavy atom. The summed E-state index contributed by atoms with van der Waals surface area (Å²) in [5, 5.41) is 2.93. The molecule has 0 unspecified atom stereocenters. The van der Waals surface area contributed by atoms with Crippen LogP contribution in [0.4, 0.5) is 16.0 Å². The third kappa shape index (κ3) is 4.12. The lowest BCUT2D eigenvalue weighted by atomic mass is 10.1. The van der Waals surface area contributed by atoms with E-state index in [1.807, 2.05) is 0 Å². The second kappa shape index (κ2) is 6.78. The Bertz CT molecular complexity index is 1020. The van der Waals surface area contributed by atoms with Gasteiger partial charge in [0.05, 0.1) is 15.6 Å². The van der Waals surface area contributed by atoms with Crippen molar-refractivity contribution >= 4 is 33.1 Å². The number of nitrogens with zero attached hydrogens (tertiary/aromatic N) is 2. The van der Waals surface area contributed by atoms with E-state index in [0.717, 1.165) is 11.8 Å². The molecule has 0 spiro atoms. The van der Waals surface area contributed by atoms with Crippen LogP contribution in [0.25, 0.3) is 11.3 Å². The fourth-order valence-corrected chi connectivity index (χ4v) is 2.90. The fourth-order valence-electron chi connectivity index (χ4n) is 2.16. The van der Waals surface area contributed by atoms with Gasteiger partial charge >= 0.3 is 0 Å². The lowest BCUT2D eigenvalue weighted by molar-refractivity contribution is 0.602. The second-order valence-electron chi connectivity index (χ2n) is 5.32. The molecule has 0 bridgehead atoms. The van der Waals surface area contributed by atoms with Crippen molar-refractivity contribution in [3.63, 3.8) is 0 Å². The molecule has 2 aromatic carbocycles. The van der Waals surface area contributed by atoms with Crippen LogP contribution in [0.3, 0.4) is 0 Å². The largest absolute Gasteiger partial charge is 0.324 e. The highest BCUT2D eigenvalue weighted by Crippen LogP contribution is 2.23. The summed E-state index contributed by atoms with van der Waals surface area (Å²) in [7, 11) is -3.25. The number of sulfone groups is 1. The van der Waals surface area contributed by atoms with E-state index in [4.69, 9.17) is 11.6 Å². The van der Waals surface area contributed by atoms with E-state index in [1.165, 1.54) is 24.3 Å². The molecule has 0 fully saturated rings. The highest BCUT2D eigenvalue weighted by Gasteiger charge is 2.08. The predicted octanol–water partition coefficient (Wildman–Crippen LogP) is 4.08. The van der Waals surface area contributed by atoms with Gasteiger partial charge in [-0.3, -0.25) is 0 Å². The van der Waals surface area contributed by atoms with Crippen LogP contribution in [0, 0.1) is 5.82 Å². The number of halogens is 2. The maximum atomic E-state index is 13.5. The van der Waals surface area contributed by atoms with Crippen LogP contribution in [-0.2, 0) is 9.84 Å². The Morgan fingerprint density at radius 2 is 1.80 bits per heavy atom. The zero-order valence-corrected chi connectivity index (χ0v) is 14.6. The van der Waals surface area contributed by atoms with Gasteiger partial charge in [-0.2, -0.15) is 0 Å².